The molecule has 0 aliphatic heterocycles. The number of carbonyl (C=O) groups is 3. The number of primary amides is 2. The van der Waals surface area contributed by atoms with E-state index in [1.807, 2.05) is 0 Å². The minimum absolute atomic E-state index is 0.0171. The maximum absolute atomic E-state index is 12.0. The van der Waals surface area contributed by atoms with E-state index in [1.54, 1.807) is 23.8 Å². The maximum atomic E-state index is 12.0. The lowest BCUT2D eigenvalue weighted by Gasteiger charge is -2.03. The highest BCUT2D eigenvalue weighted by molar-refractivity contribution is 7.98. The molecule has 9 heteroatoms. The third-order valence-corrected chi connectivity index (χ3v) is 4.23. The van der Waals surface area contributed by atoms with Gasteiger partial charge < -0.3 is 21.8 Å². The molecule has 2 aromatic rings. The molecule has 2 rings (SSSR count). The van der Waals surface area contributed by atoms with Gasteiger partial charge in [-0.2, -0.15) is 0 Å². The molecule has 0 bridgehead atoms. The Balaban J connectivity index is 2.46. The normalized spacial score (nSPS) is 10.3. The highest BCUT2D eigenvalue weighted by atomic mass is 32.2. The van der Waals surface area contributed by atoms with Gasteiger partial charge in [-0.15, -0.1) is 23.1 Å². The molecule has 0 radical (unpaired) electrons. The summed E-state index contributed by atoms with van der Waals surface area (Å²) in [4.78, 5) is 38.4. The Morgan fingerprint density at radius 2 is 1.90 bits per heavy atom. The quantitative estimate of drug-likeness (QED) is 0.616. The first-order chi connectivity index (χ1) is 9.95. The number of thioether (sulfide) groups is 1. The van der Waals surface area contributed by atoms with Crippen molar-refractivity contribution >= 4 is 46.6 Å². The Hall–Kier alpha value is -2.26. The van der Waals surface area contributed by atoms with E-state index in [-0.39, 0.29) is 16.9 Å². The zero-order valence-corrected chi connectivity index (χ0v) is 12.6. The lowest BCUT2D eigenvalue weighted by molar-refractivity contribution is 0.0966. The van der Waals surface area contributed by atoms with Crippen LogP contribution in [0.5, 0.6) is 0 Å². The van der Waals surface area contributed by atoms with Gasteiger partial charge in [0.25, 0.3) is 17.7 Å². The van der Waals surface area contributed by atoms with Crippen LogP contribution in [0.3, 0.4) is 0 Å². The standard InChI is InChI=1S/C12H12N4O3S2/c1-20-12-7(9(14)18)6(8(13)17)10(16-12)15-11(19)5-3-2-4-21-5/h2-4,16H,1H3,(H2,13,17)(H2,14,18)(H,15,19). The minimum atomic E-state index is -0.846. The molecular weight excluding hydrogens is 312 g/mol. The topological polar surface area (TPSA) is 131 Å². The molecule has 0 atom stereocenters. The van der Waals surface area contributed by atoms with Crippen LogP contribution in [-0.4, -0.2) is 29.0 Å². The number of H-pyrrole nitrogens is 1. The SMILES string of the molecule is CSc1[nH]c(NC(=O)c2cccs2)c(C(N)=O)c1C(N)=O. The number of rotatable bonds is 5. The zero-order valence-electron chi connectivity index (χ0n) is 10.9. The van der Waals surface area contributed by atoms with Gasteiger partial charge in [-0.05, 0) is 17.7 Å². The molecule has 7 nitrogen and oxygen atoms in total. The second-order valence-corrected chi connectivity index (χ2v) is 5.71. The lowest BCUT2D eigenvalue weighted by atomic mass is 10.1. The second kappa shape index (κ2) is 6.02. The molecule has 0 fully saturated rings. The number of nitrogens with two attached hydrogens (primary N) is 2. The highest BCUT2D eigenvalue weighted by Crippen LogP contribution is 2.29. The summed E-state index contributed by atoms with van der Waals surface area (Å²) in [5, 5.41) is 4.66. The number of hydrogen-bond acceptors (Lipinski definition) is 5. The van der Waals surface area contributed by atoms with Gasteiger partial charge in [0.1, 0.15) is 5.82 Å². The number of anilines is 1. The number of aromatic nitrogens is 1. The third kappa shape index (κ3) is 2.93. The van der Waals surface area contributed by atoms with Gasteiger partial charge in [-0.1, -0.05) is 6.07 Å². The van der Waals surface area contributed by atoms with Crippen molar-refractivity contribution in [3.8, 4) is 0 Å². The van der Waals surface area contributed by atoms with Crippen LogP contribution in [0.2, 0.25) is 0 Å². The second-order valence-electron chi connectivity index (χ2n) is 3.94. The molecular formula is C12H12N4O3S2. The van der Waals surface area contributed by atoms with E-state index in [9.17, 15) is 14.4 Å². The summed E-state index contributed by atoms with van der Waals surface area (Å²) in [5.74, 6) is -1.97. The van der Waals surface area contributed by atoms with Crippen molar-refractivity contribution in [3.05, 3.63) is 33.5 Å². The maximum Gasteiger partial charge on any atom is 0.266 e. The Morgan fingerprint density at radius 3 is 2.38 bits per heavy atom. The number of nitrogens with one attached hydrogen (secondary N) is 2. The largest absolute Gasteiger partial charge is 0.365 e. The van der Waals surface area contributed by atoms with Crippen LogP contribution in [0.4, 0.5) is 5.82 Å². The Kier molecular flexibility index (Phi) is 4.34. The van der Waals surface area contributed by atoms with E-state index in [0.29, 0.717) is 9.90 Å². The van der Waals surface area contributed by atoms with E-state index in [1.165, 1.54) is 23.1 Å². The Bertz CT molecular complexity index is 706. The summed E-state index contributed by atoms with van der Waals surface area (Å²) in [7, 11) is 0. The number of hydrogen-bond donors (Lipinski definition) is 4. The summed E-state index contributed by atoms with van der Waals surface area (Å²) >= 11 is 2.44. The average molecular weight is 324 g/mol. The predicted molar refractivity (Wildman–Crippen MR) is 81.9 cm³/mol. The first-order valence-corrected chi connectivity index (χ1v) is 7.80. The molecule has 21 heavy (non-hydrogen) atoms. The van der Waals surface area contributed by atoms with Crippen molar-refractivity contribution in [2.45, 2.75) is 5.03 Å². The van der Waals surface area contributed by atoms with Crippen molar-refractivity contribution < 1.29 is 14.4 Å². The molecule has 0 spiro atoms. The van der Waals surface area contributed by atoms with Gasteiger partial charge in [-0.3, -0.25) is 14.4 Å². The Morgan fingerprint density at radius 1 is 1.24 bits per heavy atom. The van der Waals surface area contributed by atoms with Crippen molar-refractivity contribution in [1.29, 1.82) is 0 Å². The lowest BCUT2D eigenvalue weighted by Crippen LogP contribution is -2.21. The van der Waals surface area contributed by atoms with Crippen LogP contribution >= 0.6 is 23.1 Å². The average Bonchev–Trinajstić information content (AvgIpc) is 3.05. The number of thiophene rings is 1. The minimum Gasteiger partial charge on any atom is -0.365 e. The molecule has 3 amide bonds. The monoisotopic (exact) mass is 324 g/mol. The fourth-order valence-electron chi connectivity index (χ4n) is 1.79. The van der Waals surface area contributed by atoms with Gasteiger partial charge >= 0.3 is 0 Å². The van der Waals surface area contributed by atoms with Crippen LogP contribution < -0.4 is 16.8 Å². The van der Waals surface area contributed by atoms with E-state index in [2.05, 4.69) is 10.3 Å². The summed E-state index contributed by atoms with van der Waals surface area (Å²) in [6.07, 6.45) is 1.70. The van der Waals surface area contributed by atoms with Crippen molar-refractivity contribution in [3.63, 3.8) is 0 Å². The van der Waals surface area contributed by atoms with Gasteiger partial charge in [0.05, 0.1) is 21.0 Å². The van der Waals surface area contributed by atoms with Crippen molar-refractivity contribution in [2.75, 3.05) is 11.6 Å². The van der Waals surface area contributed by atoms with Crippen LogP contribution in [0.25, 0.3) is 0 Å². The molecule has 2 heterocycles. The first kappa shape index (κ1) is 15.1. The zero-order chi connectivity index (χ0) is 15.6. The molecule has 0 aromatic carbocycles. The van der Waals surface area contributed by atoms with Crippen LogP contribution in [-0.2, 0) is 0 Å². The highest BCUT2D eigenvalue weighted by Gasteiger charge is 2.26. The molecule has 0 aliphatic carbocycles. The number of carbonyl (C=O) groups excluding carboxylic acids is 3. The summed E-state index contributed by atoms with van der Waals surface area (Å²) in [6.45, 7) is 0. The first-order valence-electron chi connectivity index (χ1n) is 5.70. The smallest absolute Gasteiger partial charge is 0.266 e. The third-order valence-electron chi connectivity index (χ3n) is 2.65. The van der Waals surface area contributed by atoms with Crippen molar-refractivity contribution in [1.82, 2.24) is 4.98 Å². The predicted octanol–water partition coefficient (Wildman–Crippen LogP) is 1.25. The number of amides is 3. The molecule has 0 aliphatic rings. The van der Waals surface area contributed by atoms with Crippen LogP contribution in [0.1, 0.15) is 30.4 Å². The Labute approximate surface area is 128 Å². The fraction of sp³-hybridized carbons (Fsp3) is 0.0833. The fourth-order valence-corrected chi connectivity index (χ4v) is 3.02. The molecule has 110 valence electrons. The molecule has 0 saturated heterocycles. The molecule has 0 saturated carbocycles. The van der Waals surface area contributed by atoms with Gasteiger partial charge in [0.15, 0.2) is 0 Å². The van der Waals surface area contributed by atoms with Gasteiger partial charge in [-0.25, -0.2) is 0 Å². The van der Waals surface area contributed by atoms with Crippen LogP contribution in [0.15, 0.2) is 22.5 Å². The summed E-state index contributed by atoms with van der Waals surface area (Å²) < 4.78 is 0. The summed E-state index contributed by atoms with van der Waals surface area (Å²) in [5.41, 5.74) is 10.4. The molecule has 0 unspecified atom stereocenters. The van der Waals surface area contributed by atoms with Crippen LogP contribution in [0, 0.1) is 0 Å². The number of aromatic amines is 1. The van der Waals surface area contributed by atoms with E-state index in [4.69, 9.17) is 11.5 Å². The van der Waals surface area contributed by atoms with Crippen molar-refractivity contribution in [2.24, 2.45) is 11.5 Å². The molecule has 6 N–H and O–H groups in total. The van der Waals surface area contributed by atoms with Gasteiger partial charge in [0, 0.05) is 0 Å². The van der Waals surface area contributed by atoms with Gasteiger partial charge in [0.2, 0.25) is 0 Å². The summed E-state index contributed by atoms with van der Waals surface area (Å²) in [6, 6.07) is 3.36. The van der Waals surface area contributed by atoms with E-state index < -0.39 is 17.7 Å². The van der Waals surface area contributed by atoms with E-state index in [0.717, 1.165) is 0 Å². The molecule has 2 aromatic heterocycles. The van der Waals surface area contributed by atoms with E-state index >= 15 is 0 Å².